The van der Waals surface area contributed by atoms with Gasteiger partial charge in [0.05, 0.1) is 16.7 Å². The summed E-state index contributed by atoms with van der Waals surface area (Å²) >= 11 is 0. The monoisotopic (exact) mass is 403 g/mol. The van der Waals surface area contributed by atoms with Gasteiger partial charge in [0.15, 0.2) is 0 Å². The van der Waals surface area contributed by atoms with Gasteiger partial charge in [-0.3, -0.25) is 0 Å². The molecule has 1 aromatic carbocycles. The number of anilines is 2. The fourth-order valence-corrected chi connectivity index (χ4v) is 3.73. The van der Waals surface area contributed by atoms with E-state index in [1.807, 2.05) is 6.07 Å². The van der Waals surface area contributed by atoms with E-state index in [1.54, 1.807) is 19.1 Å². The number of sulfonamides is 1. The van der Waals surface area contributed by atoms with Crippen LogP contribution in [0.4, 0.5) is 11.6 Å². The quantitative estimate of drug-likeness (QED) is 0.662. The van der Waals surface area contributed by atoms with E-state index >= 15 is 0 Å². The Morgan fingerprint density at radius 2 is 2.07 bits per heavy atom. The van der Waals surface area contributed by atoms with Crippen molar-refractivity contribution in [3.63, 3.8) is 0 Å². The van der Waals surface area contributed by atoms with Crippen LogP contribution in [0.2, 0.25) is 0 Å². The molecule has 0 radical (unpaired) electrons. The van der Waals surface area contributed by atoms with Gasteiger partial charge in [0.25, 0.3) is 0 Å². The summed E-state index contributed by atoms with van der Waals surface area (Å²) in [6.45, 7) is 1.71. The topological polar surface area (TPSA) is 137 Å². The second-order valence-corrected chi connectivity index (χ2v) is 8.62. The number of hydrogen-bond acceptors (Lipinski definition) is 8. The Labute approximate surface area is 163 Å². The van der Waals surface area contributed by atoms with Crippen LogP contribution in [0.15, 0.2) is 35.4 Å². The molecule has 1 aliphatic carbocycles. The third-order valence-corrected chi connectivity index (χ3v) is 6.09. The third kappa shape index (κ3) is 4.22. The highest BCUT2D eigenvalue weighted by molar-refractivity contribution is 7.89. The fourth-order valence-electron chi connectivity index (χ4n) is 3.00. The molecule has 2 atom stereocenters. The van der Waals surface area contributed by atoms with E-state index in [1.165, 1.54) is 25.4 Å². The van der Waals surface area contributed by atoms with Crippen molar-refractivity contribution in [1.82, 2.24) is 14.7 Å². The van der Waals surface area contributed by atoms with Crippen LogP contribution in [0.3, 0.4) is 0 Å². The Bertz CT molecular complexity index is 1000. The summed E-state index contributed by atoms with van der Waals surface area (Å²) in [5.74, 6) is 0.289. The van der Waals surface area contributed by atoms with Crippen LogP contribution in [0.1, 0.15) is 31.7 Å². The summed E-state index contributed by atoms with van der Waals surface area (Å²) in [4.78, 5) is 8.47. The van der Waals surface area contributed by atoms with Gasteiger partial charge in [-0.05, 0) is 57.5 Å². The number of ether oxygens (including phenoxy) is 1. The second kappa shape index (κ2) is 7.71. The van der Waals surface area contributed by atoms with E-state index in [4.69, 9.17) is 4.74 Å². The zero-order chi connectivity index (χ0) is 20.4. The molecule has 1 aromatic heterocycles. The van der Waals surface area contributed by atoms with Gasteiger partial charge >= 0.3 is 0 Å². The Kier molecular flexibility index (Phi) is 5.51. The fraction of sp³-hybridized carbons (Fsp3) is 0.389. The Morgan fingerprint density at radius 3 is 2.64 bits per heavy atom. The molecule has 148 valence electrons. The molecule has 0 aliphatic heterocycles. The minimum Gasteiger partial charge on any atom is -0.470 e. The summed E-state index contributed by atoms with van der Waals surface area (Å²) in [5, 5.41) is 22.6. The normalized spacial score (nSPS) is 21.9. The first-order chi connectivity index (χ1) is 13.2. The highest BCUT2D eigenvalue weighted by Gasteiger charge is 2.39. The van der Waals surface area contributed by atoms with E-state index in [-0.39, 0.29) is 22.3 Å². The second-order valence-electron chi connectivity index (χ2n) is 6.74. The van der Waals surface area contributed by atoms with Crippen molar-refractivity contribution >= 4 is 21.7 Å². The number of benzene rings is 1. The summed E-state index contributed by atoms with van der Waals surface area (Å²) in [7, 11) is -2.17. The van der Waals surface area contributed by atoms with Crippen molar-refractivity contribution in [3.8, 4) is 11.9 Å². The van der Waals surface area contributed by atoms with Gasteiger partial charge in [-0.15, -0.1) is 0 Å². The standard InChI is InChI=1S/C18H21N5O4S/c1-18(24)9-3-4-15(18)27-16-12(10-19)11-21-17(23-16)22-13-5-7-14(8-6-13)28(25,26)20-2/h5-8,11,15,20,24H,3-4,9H2,1-2H3,(H,21,22,23)/t15-,18+/m0/s1. The molecule has 1 aliphatic rings. The maximum atomic E-state index is 11.8. The number of nitrogens with zero attached hydrogens (tertiary/aromatic N) is 3. The molecular formula is C18H21N5O4S. The third-order valence-electron chi connectivity index (χ3n) is 4.66. The lowest BCUT2D eigenvalue weighted by molar-refractivity contribution is -0.0271. The first kappa shape index (κ1) is 20.0. The lowest BCUT2D eigenvalue weighted by atomic mass is 10.0. The van der Waals surface area contributed by atoms with Crippen molar-refractivity contribution in [2.75, 3.05) is 12.4 Å². The molecule has 1 saturated carbocycles. The van der Waals surface area contributed by atoms with Crippen molar-refractivity contribution in [2.45, 2.75) is 42.8 Å². The first-order valence-corrected chi connectivity index (χ1v) is 10.2. The van der Waals surface area contributed by atoms with Crippen molar-refractivity contribution in [3.05, 3.63) is 36.0 Å². The smallest absolute Gasteiger partial charge is 0.240 e. The van der Waals surface area contributed by atoms with Crippen LogP contribution in [0, 0.1) is 11.3 Å². The summed E-state index contributed by atoms with van der Waals surface area (Å²) in [6.07, 6.45) is 3.02. The number of nitrogens with one attached hydrogen (secondary N) is 2. The average Bonchev–Trinajstić information content (AvgIpc) is 3.00. The molecule has 0 saturated heterocycles. The summed E-state index contributed by atoms with van der Waals surface area (Å²) in [5.41, 5.74) is -0.234. The highest BCUT2D eigenvalue weighted by Crippen LogP contribution is 2.33. The minimum atomic E-state index is -3.52. The minimum absolute atomic E-state index is 0.0987. The van der Waals surface area contributed by atoms with Crippen LogP contribution >= 0.6 is 0 Å². The van der Waals surface area contributed by atoms with E-state index in [0.29, 0.717) is 18.5 Å². The Hall–Kier alpha value is -2.74. The van der Waals surface area contributed by atoms with Gasteiger partial charge in [-0.1, -0.05) is 0 Å². The molecule has 1 fully saturated rings. The molecule has 0 spiro atoms. The molecule has 1 heterocycles. The number of aromatic nitrogens is 2. The number of nitriles is 1. The Balaban J connectivity index is 1.81. The maximum absolute atomic E-state index is 11.8. The lowest BCUT2D eigenvalue weighted by Crippen LogP contribution is -2.38. The number of hydrogen-bond donors (Lipinski definition) is 3. The average molecular weight is 403 g/mol. The molecule has 3 N–H and O–H groups in total. The highest BCUT2D eigenvalue weighted by atomic mass is 32.2. The van der Waals surface area contributed by atoms with E-state index in [0.717, 1.165) is 6.42 Å². The molecule has 10 heteroatoms. The van der Waals surface area contributed by atoms with E-state index < -0.39 is 21.7 Å². The molecule has 0 amide bonds. The lowest BCUT2D eigenvalue weighted by Gasteiger charge is -2.26. The zero-order valence-corrected chi connectivity index (χ0v) is 16.3. The number of aliphatic hydroxyl groups is 1. The largest absolute Gasteiger partial charge is 0.470 e. The Morgan fingerprint density at radius 1 is 1.36 bits per heavy atom. The summed E-state index contributed by atoms with van der Waals surface area (Å²) < 4.78 is 31.6. The summed E-state index contributed by atoms with van der Waals surface area (Å²) in [6, 6.07) is 8.04. The zero-order valence-electron chi connectivity index (χ0n) is 15.5. The van der Waals surface area contributed by atoms with Crippen LogP contribution in [0.5, 0.6) is 5.88 Å². The molecule has 9 nitrogen and oxygen atoms in total. The van der Waals surface area contributed by atoms with Gasteiger partial charge in [0.2, 0.25) is 21.9 Å². The maximum Gasteiger partial charge on any atom is 0.240 e. The van der Waals surface area contributed by atoms with Crippen LogP contribution in [0.25, 0.3) is 0 Å². The molecule has 2 aromatic rings. The van der Waals surface area contributed by atoms with Gasteiger partial charge in [-0.25, -0.2) is 18.1 Å². The van der Waals surface area contributed by atoms with Crippen LogP contribution in [-0.4, -0.2) is 42.2 Å². The molecule has 0 unspecified atom stereocenters. The van der Waals surface area contributed by atoms with Gasteiger partial charge < -0.3 is 15.2 Å². The van der Waals surface area contributed by atoms with Crippen LogP contribution in [-0.2, 0) is 10.0 Å². The number of rotatable bonds is 6. The van der Waals surface area contributed by atoms with E-state index in [2.05, 4.69) is 20.0 Å². The molecular weight excluding hydrogens is 382 g/mol. The van der Waals surface area contributed by atoms with Crippen LogP contribution < -0.4 is 14.8 Å². The molecule has 28 heavy (non-hydrogen) atoms. The van der Waals surface area contributed by atoms with Crippen molar-refractivity contribution in [1.29, 1.82) is 5.26 Å². The predicted molar refractivity (Wildman–Crippen MR) is 102 cm³/mol. The molecule has 3 rings (SSSR count). The predicted octanol–water partition coefficient (Wildman–Crippen LogP) is 1.68. The van der Waals surface area contributed by atoms with Crippen molar-refractivity contribution < 1.29 is 18.3 Å². The van der Waals surface area contributed by atoms with Crippen molar-refractivity contribution in [2.24, 2.45) is 0 Å². The first-order valence-electron chi connectivity index (χ1n) is 8.72. The van der Waals surface area contributed by atoms with E-state index in [9.17, 15) is 18.8 Å². The van der Waals surface area contributed by atoms with Gasteiger partial charge in [0, 0.05) is 5.69 Å². The SMILES string of the molecule is CNS(=O)(=O)c1ccc(Nc2ncc(C#N)c(O[C@H]3CCC[C@@]3(C)O)n2)cc1. The van der Waals surface area contributed by atoms with Gasteiger partial charge in [-0.2, -0.15) is 10.2 Å². The molecule has 0 bridgehead atoms. The van der Waals surface area contributed by atoms with Gasteiger partial charge in [0.1, 0.15) is 17.7 Å².